The molecule has 2 rings (SSSR count). The second-order valence-electron chi connectivity index (χ2n) is 5.81. The Hall–Kier alpha value is -0.610. The molecule has 2 atom stereocenters. The molecule has 20 heavy (non-hydrogen) atoms. The first-order chi connectivity index (χ1) is 9.60. The van der Waals surface area contributed by atoms with E-state index in [0.29, 0.717) is 12.1 Å². The van der Waals surface area contributed by atoms with Gasteiger partial charge in [0.25, 0.3) is 0 Å². The van der Waals surface area contributed by atoms with E-state index in [-0.39, 0.29) is 0 Å². The van der Waals surface area contributed by atoms with Crippen molar-refractivity contribution in [3.05, 3.63) is 34.9 Å². The molecule has 1 aromatic carbocycles. The van der Waals surface area contributed by atoms with E-state index in [1.165, 1.54) is 5.56 Å². The lowest BCUT2D eigenvalue weighted by atomic mass is 9.96. The molecular formula is C16H26ClN3. The fraction of sp³-hybridized carbons (Fsp3) is 0.625. The van der Waals surface area contributed by atoms with E-state index in [9.17, 15) is 0 Å². The number of hydrogen-bond donors (Lipinski definition) is 1. The Bertz CT molecular complexity index is 424. The number of rotatable bonds is 5. The molecule has 0 spiro atoms. The van der Waals surface area contributed by atoms with E-state index < -0.39 is 0 Å². The molecule has 4 heteroatoms. The molecule has 0 aliphatic carbocycles. The molecule has 1 aliphatic heterocycles. The van der Waals surface area contributed by atoms with E-state index >= 15 is 0 Å². The van der Waals surface area contributed by atoms with Crippen molar-refractivity contribution >= 4 is 11.6 Å². The number of nitrogens with one attached hydrogen (secondary N) is 1. The van der Waals surface area contributed by atoms with Gasteiger partial charge < -0.3 is 10.2 Å². The van der Waals surface area contributed by atoms with Crippen molar-refractivity contribution in [3.63, 3.8) is 0 Å². The van der Waals surface area contributed by atoms with Crippen molar-refractivity contribution in [3.8, 4) is 0 Å². The minimum absolute atomic E-state index is 0.464. The maximum atomic E-state index is 6.10. The zero-order chi connectivity index (χ0) is 14.5. The van der Waals surface area contributed by atoms with Crippen LogP contribution >= 0.6 is 11.6 Å². The van der Waals surface area contributed by atoms with Crippen molar-refractivity contribution < 1.29 is 0 Å². The van der Waals surface area contributed by atoms with Gasteiger partial charge in [0.05, 0.1) is 0 Å². The summed E-state index contributed by atoms with van der Waals surface area (Å²) in [6, 6.07) is 9.24. The van der Waals surface area contributed by atoms with Crippen LogP contribution in [0.5, 0.6) is 0 Å². The highest BCUT2D eigenvalue weighted by Crippen LogP contribution is 2.17. The van der Waals surface area contributed by atoms with Crippen LogP contribution in [-0.2, 0) is 6.42 Å². The van der Waals surface area contributed by atoms with Crippen molar-refractivity contribution in [2.75, 3.05) is 40.3 Å². The Kier molecular flexibility index (Phi) is 5.85. The lowest BCUT2D eigenvalue weighted by Gasteiger charge is -2.42. The molecule has 1 saturated heterocycles. The van der Waals surface area contributed by atoms with Crippen LogP contribution in [0, 0.1) is 0 Å². The maximum Gasteiger partial charge on any atom is 0.0408 e. The van der Waals surface area contributed by atoms with Crippen LogP contribution in [0.4, 0.5) is 0 Å². The van der Waals surface area contributed by atoms with Gasteiger partial charge in [0, 0.05) is 36.7 Å². The third kappa shape index (κ3) is 4.19. The Morgan fingerprint density at radius 1 is 1.35 bits per heavy atom. The van der Waals surface area contributed by atoms with Gasteiger partial charge in [0.1, 0.15) is 0 Å². The molecule has 1 aliphatic rings. The van der Waals surface area contributed by atoms with Gasteiger partial charge in [-0.25, -0.2) is 0 Å². The Morgan fingerprint density at radius 2 is 2.15 bits per heavy atom. The van der Waals surface area contributed by atoms with Gasteiger partial charge in [-0.05, 0) is 44.8 Å². The molecule has 3 nitrogen and oxygen atoms in total. The number of likely N-dealkylation sites (N-methyl/N-ethyl adjacent to an activating group) is 3. The first-order valence-corrected chi connectivity index (χ1v) is 7.84. The van der Waals surface area contributed by atoms with Crippen LogP contribution in [0.2, 0.25) is 5.02 Å². The average Bonchev–Trinajstić information content (AvgIpc) is 2.41. The lowest BCUT2D eigenvalue weighted by Crippen LogP contribution is -2.59. The summed E-state index contributed by atoms with van der Waals surface area (Å²) in [5.41, 5.74) is 1.31. The molecule has 2 unspecified atom stereocenters. The van der Waals surface area contributed by atoms with E-state index in [4.69, 9.17) is 11.6 Å². The van der Waals surface area contributed by atoms with Crippen molar-refractivity contribution in [2.45, 2.75) is 25.4 Å². The van der Waals surface area contributed by atoms with E-state index in [2.05, 4.69) is 48.3 Å². The first-order valence-electron chi connectivity index (χ1n) is 7.46. The summed E-state index contributed by atoms with van der Waals surface area (Å²) >= 11 is 6.10. The highest BCUT2D eigenvalue weighted by Gasteiger charge is 2.29. The quantitative estimate of drug-likeness (QED) is 0.897. The Balaban J connectivity index is 2.09. The van der Waals surface area contributed by atoms with Crippen LogP contribution in [0.1, 0.15) is 12.5 Å². The van der Waals surface area contributed by atoms with Gasteiger partial charge >= 0.3 is 0 Å². The van der Waals surface area contributed by atoms with Gasteiger partial charge in [0.15, 0.2) is 0 Å². The lowest BCUT2D eigenvalue weighted by molar-refractivity contribution is 0.0881. The molecule has 1 fully saturated rings. The minimum atomic E-state index is 0.464. The zero-order valence-corrected chi connectivity index (χ0v) is 13.5. The number of piperazine rings is 1. The summed E-state index contributed by atoms with van der Waals surface area (Å²) in [6.45, 7) is 6.59. The normalized spacial score (nSPS) is 22.9. The highest BCUT2D eigenvalue weighted by atomic mass is 35.5. The SMILES string of the molecule is CCNC(Cc1cccc(Cl)c1)C1CN(C)CCN1C. The monoisotopic (exact) mass is 295 g/mol. The number of halogens is 1. The standard InChI is InChI=1S/C16H26ClN3/c1-4-18-15(11-13-6-5-7-14(17)10-13)16-12-19(2)8-9-20(16)3/h5-7,10,15-16,18H,4,8-9,11-12H2,1-3H3. The molecule has 0 bridgehead atoms. The second kappa shape index (κ2) is 7.41. The largest absolute Gasteiger partial charge is 0.312 e. The van der Waals surface area contributed by atoms with Crippen molar-refractivity contribution in [1.82, 2.24) is 15.1 Å². The zero-order valence-electron chi connectivity index (χ0n) is 12.8. The van der Waals surface area contributed by atoms with Crippen LogP contribution in [-0.4, -0.2) is 62.2 Å². The number of benzene rings is 1. The molecule has 0 amide bonds. The van der Waals surface area contributed by atoms with E-state index in [1.54, 1.807) is 0 Å². The fourth-order valence-electron chi connectivity index (χ4n) is 3.00. The van der Waals surface area contributed by atoms with Crippen molar-refractivity contribution in [2.24, 2.45) is 0 Å². The van der Waals surface area contributed by atoms with Gasteiger partial charge in [-0.2, -0.15) is 0 Å². The Labute approximate surface area is 127 Å². The summed E-state index contributed by atoms with van der Waals surface area (Å²) in [7, 11) is 4.45. The van der Waals surface area contributed by atoms with Gasteiger partial charge in [0.2, 0.25) is 0 Å². The van der Waals surface area contributed by atoms with Crippen LogP contribution in [0.15, 0.2) is 24.3 Å². The van der Waals surface area contributed by atoms with E-state index in [1.807, 2.05) is 12.1 Å². The molecule has 1 aromatic rings. The van der Waals surface area contributed by atoms with E-state index in [0.717, 1.165) is 37.6 Å². The van der Waals surface area contributed by atoms with Crippen LogP contribution in [0.25, 0.3) is 0 Å². The maximum absolute atomic E-state index is 6.10. The molecule has 0 saturated carbocycles. The van der Waals surface area contributed by atoms with Gasteiger partial charge in [-0.15, -0.1) is 0 Å². The van der Waals surface area contributed by atoms with Crippen molar-refractivity contribution in [1.29, 1.82) is 0 Å². The predicted octanol–water partition coefficient (Wildman–Crippen LogP) is 2.11. The topological polar surface area (TPSA) is 18.5 Å². The smallest absolute Gasteiger partial charge is 0.0408 e. The summed E-state index contributed by atoms with van der Waals surface area (Å²) < 4.78 is 0. The highest BCUT2D eigenvalue weighted by molar-refractivity contribution is 6.30. The fourth-order valence-corrected chi connectivity index (χ4v) is 3.22. The molecule has 1 N–H and O–H groups in total. The van der Waals surface area contributed by atoms with Crippen LogP contribution < -0.4 is 5.32 Å². The van der Waals surface area contributed by atoms with Gasteiger partial charge in [-0.1, -0.05) is 30.7 Å². The predicted molar refractivity (Wildman–Crippen MR) is 86.5 cm³/mol. The second-order valence-corrected chi connectivity index (χ2v) is 6.24. The number of nitrogens with zero attached hydrogens (tertiary/aromatic N) is 2. The summed E-state index contributed by atoms with van der Waals surface area (Å²) in [5, 5.41) is 4.49. The third-order valence-electron chi connectivity index (χ3n) is 4.17. The van der Waals surface area contributed by atoms with Crippen LogP contribution in [0.3, 0.4) is 0 Å². The summed E-state index contributed by atoms with van der Waals surface area (Å²) in [6.07, 6.45) is 1.03. The molecule has 0 radical (unpaired) electrons. The molecule has 1 heterocycles. The minimum Gasteiger partial charge on any atom is -0.312 e. The molecular weight excluding hydrogens is 270 g/mol. The summed E-state index contributed by atoms with van der Waals surface area (Å²) in [5.74, 6) is 0. The third-order valence-corrected chi connectivity index (χ3v) is 4.41. The molecule has 0 aromatic heterocycles. The average molecular weight is 296 g/mol. The first kappa shape index (κ1) is 15.8. The summed E-state index contributed by atoms with van der Waals surface area (Å²) in [4.78, 5) is 4.91. The van der Waals surface area contributed by atoms with Gasteiger partial charge in [-0.3, -0.25) is 4.90 Å². The molecule has 112 valence electrons. The Morgan fingerprint density at radius 3 is 2.85 bits per heavy atom. The number of hydrogen-bond acceptors (Lipinski definition) is 3.